The van der Waals surface area contributed by atoms with Crippen molar-refractivity contribution in [2.75, 3.05) is 0 Å². The molecule has 1 unspecified atom stereocenters. The van der Waals surface area contributed by atoms with E-state index in [1.54, 1.807) is 0 Å². The largest absolute Gasteiger partial charge is 0.301 e. The van der Waals surface area contributed by atoms with Crippen LogP contribution in [0.15, 0.2) is 0 Å². The molecule has 2 aliphatic carbocycles. The van der Waals surface area contributed by atoms with Gasteiger partial charge in [-0.05, 0) is 43.8 Å². The van der Waals surface area contributed by atoms with Crippen molar-refractivity contribution in [3.05, 3.63) is 10.6 Å². The number of nitrogens with one attached hydrogen (secondary N) is 1. The quantitative estimate of drug-likeness (QED) is 0.825. The molecule has 4 heteroatoms. The lowest BCUT2D eigenvalue weighted by molar-refractivity contribution is 0.336. The van der Waals surface area contributed by atoms with E-state index in [1.807, 2.05) is 0 Å². The van der Waals surface area contributed by atoms with Crippen molar-refractivity contribution in [2.45, 2.75) is 63.8 Å². The first-order valence-electron chi connectivity index (χ1n) is 6.94. The molecule has 1 atom stereocenters. The number of rotatable bonds is 3. The van der Waals surface area contributed by atoms with Gasteiger partial charge in [0.25, 0.3) is 0 Å². The highest BCUT2D eigenvalue weighted by molar-refractivity contribution is 7.71. The summed E-state index contributed by atoms with van der Waals surface area (Å²) < 4.78 is 3.16. The molecular formula is C13H21N3S. The number of hydrogen-bond acceptors (Lipinski definition) is 2. The van der Waals surface area contributed by atoms with Crippen molar-refractivity contribution in [3.63, 3.8) is 0 Å². The Kier molecular flexibility index (Phi) is 3.07. The molecule has 0 spiro atoms. The molecule has 3 rings (SSSR count). The summed E-state index contributed by atoms with van der Waals surface area (Å²) in [5.41, 5.74) is 0. The maximum absolute atomic E-state index is 5.42. The molecule has 1 heterocycles. The highest BCUT2D eigenvalue weighted by Gasteiger charge is 2.33. The van der Waals surface area contributed by atoms with Gasteiger partial charge in [-0.15, -0.1) is 0 Å². The molecule has 94 valence electrons. The number of aromatic amines is 1. The topological polar surface area (TPSA) is 33.6 Å². The molecule has 0 aliphatic heterocycles. The fraction of sp³-hybridized carbons (Fsp3) is 0.846. The average molecular weight is 251 g/mol. The summed E-state index contributed by atoms with van der Waals surface area (Å²) in [6, 6.07) is 0.603. The van der Waals surface area contributed by atoms with Crippen molar-refractivity contribution in [1.29, 1.82) is 0 Å². The van der Waals surface area contributed by atoms with E-state index in [9.17, 15) is 0 Å². The summed E-state index contributed by atoms with van der Waals surface area (Å²) in [6.45, 7) is 2.31. The van der Waals surface area contributed by atoms with Crippen LogP contribution in [0.4, 0.5) is 0 Å². The van der Waals surface area contributed by atoms with Crippen LogP contribution >= 0.6 is 12.2 Å². The predicted octanol–water partition coefficient (Wildman–Crippen LogP) is 3.96. The van der Waals surface area contributed by atoms with Gasteiger partial charge in [0.05, 0.1) is 0 Å². The Morgan fingerprint density at radius 3 is 2.59 bits per heavy atom. The third kappa shape index (κ3) is 2.19. The maximum atomic E-state index is 5.42. The monoisotopic (exact) mass is 251 g/mol. The van der Waals surface area contributed by atoms with Crippen LogP contribution in [0.3, 0.4) is 0 Å². The number of nitrogens with zero attached hydrogens (tertiary/aromatic N) is 2. The van der Waals surface area contributed by atoms with Crippen LogP contribution in [0, 0.1) is 10.7 Å². The standard InChI is InChI=1S/C13H21N3S/c1-9(10-7-8-10)12-14-15-13(17)16(12)11-5-3-2-4-6-11/h9-11H,2-8H2,1H3,(H,15,17). The molecule has 1 aromatic rings. The van der Waals surface area contributed by atoms with E-state index in [2.05, 4.69) is 21.7 Å². The Labute approximate surface area is 108 Å². The van der Waals surface area contributed by atoms with Crippen LogP contribution in [0.2, 0.25) is 0 Å². The normalized spacial score (nSPS) is 23.8. The minimum absolute atomic E-state index is 0.574. The lowest BCUT2D eigenvalue weighted by atomic mass is 9.94. The van der Waals surface area contributed by atoms with Crippen LogP contribution < -0.4 is 0 Å². The SMILES string of the molecule is CC(c1n[nH]c(=S)n1C1CCCCC1)C1CC1. The number of aromatic nitrogens is 3. The second-order valence-corrected chi connectivity index (χ2v) is 6.06. The fourth-order valence-corrected chi connectivity index (χ4v) is 3.43. The second kappa shape index (κ2) is 4.56. The van der Waals surface area contributed by atoms with Gasteiger partial charge >= 0.3 is 0 Å². The molecule has 2 fully saturated rings. The Morgan fingerprint density at radius 1 is 1.24 bits per heavy atom. The van der Waals surface area contributed by atoms with E-state index >= 15 is 0 Å². The van der Waals surface area contributed by atoms with Crippen molar-refractivity contribution in [1.82, 2.24) is 14.8 Å². The van der Waals surface area contributed by atoms with E-state index in [0.29, 0.717) is 12.0 Å². The number of hydrogen-bond donors (Lipinski definition) is 1. The van der Waals surface area contributed by atoms with Crippen LogP contribution in [0.5, 0.6) is 0 Å². The number of H-pyrrole nitrogens is 1. The summed E-state index contributed by atoms with van der Waals surface area (Å²) in [4.78, 5) is 0. The highest BCUT2D eigenvalue weighted by Crippen LogP contribution is 2.42. The average Bonchev–Trinajstić information content (AvgIpc) is 3.13. The van der Waals surface area contributed by atoms with Crippen molar-refractivity contribution in [3.8, 4) is 0 Å². The van der Waals surface area contributed by atoms with E-state index in [-0.39, 0.29) is 0 Å². The first-order valence-corrected chi connectivity index (χ1v) is 7.35. The second-order valence-electron chi connectivity index (χ2n) is 5.67. The molecule has 1 aromatic heterocycles. The van der Waals surface area contributed by atoms with Gasteiger partial charge in [0.15, 0.2) is 4.77 Å². The van der Waals surface area contributed by atoms with Crippen LogP contribution in [0.25, 0.3) is 0 Å². The Hall–Kier alpha value is -0.640. The van der Waals surface area contributed by atoms with Crippen LogP contribution in [-0.4, -0.2) is 14.8 Å². The summed E-state index contributed by atoms with van der Waals surface area (Å²) in [5, 5.41) is 7.51. The van der Waals surface area contributed by atoms with E-state index in [1.165, 1.54) is 50.8 Å². The molecule has 0 radical (unpaired) electrons. The molecule has 0 bridgehead atoms. The first-order chi connectivity index (χ1) is 8.27. The lowest BCUT2D eigenvalue weighted by Gasteiger charge is -2.25. The third-order valence-electron chi connectivity index (χ3n) is 4.41. The minimum Gasteiger partial charge on any atom is -0.301 e. The summed E-state index contributed by atoms with van der Waals surface area (Å²) in [7, 11) is 0. The van der Waals surface area contributed by atoms with E-state index < -0.39 is 0 Å². The molecule has 0 amide bonds. The highest BCUT2D eigenvalue weighted by atomic mass is 32.1. The molecule has 1 N–H and O–H groups in total. The van der Waals surface area contributed by atoms with Gasteiger partial charge in [-0.2, -0.15) is 5.10 Å². The maximum Gasteiger partial charge on any atom is 0.195 e. The Morgan fingerprint density at radius 2 is 1.94 bits per heavy atom. The zero-order chi connectivity index (χ0) is 11.8. The van der Waals surface area contributed by atoms with Crippen LogP contribution in [-0.2, 0) is 0 Å². The lowest BCUT2D eigenvalue weighted by Crippen LogP contribution is -2.17. The van der Waals surface area contributed by atoms with Crippen molar-refractivity contribution < 1.29 is 0 Å². The van der Waals surface area contributed by atoms with Gasteiger partial charge in [0.1, 0.15) is 5.82 Å². The molecular weight excluding hydrogens is 230 g/mol. The van der Waals surface area contributed by atoms with E-state index in [4.69, 9.17) is 12.2 Å². The van der Waals surface area contributed by atoms with Gasteiger partial charge < -0.3 is 4.57 Å². The summed E-state index contributed by atoms with van der Waals surface area (Å²) in [5.74, 6) is 2.64. The molecule has 2 aliphatic rings. The van der Waals surface area contributed by atoms with Gasteiger partial charge in [-0.1, -0.05) is 26.2 Å². The van der Waals surface area contributed by atoms with E-state index in [0.717, 1.165) is 10.7 Å². The Bertz CT molecular complexity index is 438. The van der Waals surface area contributed by atoms with Gasteiger partial charge in [0.2, 0.25) is 0 Å². The van der Waals surface area contributed by atoms with Gasteiger partial charge in [0, 0.05) is 12.0 Å². The fourth-order valence-electron chi connectivity index (χ4n) is 3.14. The summed E-state index contributed by atoms with van der Waals surface area (Å²) in [6.07, 6.45) is 9.35. The zero-order valence-corrected chi connectivity index (χ0v) is 11.3. The van der Waals surface area contributed by atoms with Crippen molar-refractivity contribution >= 4 is 12.2 Å². The first kappa shape index (κ1) is 11.5. The smallest absolute Gasteiger partial charge is 0.195 e. The Balaban J connectivity index is 1.90. The molecule has 2 saturated carbocycles. The molecule has 0 aromatic carbocycles. The van der Waals surface area contributed by atoms with Gasteiger partial charge in [-0.25, -0.2) is 0 Å². The van der Waals surface area contributed by atoms with Crippen molar-refractivity contribution in [2.24, 2.45) is 5.92 Å². The zero-order valence-electron chi connectivity index (χ0n) is 10.5. The molecule has 3 nitrogen and oxygen atoms in total. The van der Waals surface area contributed by atoms with Crippen LogP contribution in [0.1, 0.15) is 69.7 Å². The summed E-state index contributed by atoms with van der Waals surface area (Å²) >= 11 is 5.42. The predicted molar refractivity (Wildman–Crippen MR) is 70.7 cm³/mol. The minimum atomic E-state index is 0.574. The third-order valence-corrected chi connectivity index (χ3v) is 4.70. The molecule has 17 heavy (non-hydrogen) atoms. The van der Waals surface area contributed by atoms with Gasteiger partial charge in [-0.3, -0.25) is 5.10 Å². The molecule has 0 saturated heterocycles.